The van der Waals surface area contributed by atoms with E-state index < -0.39 is 10.0 Å². The van der Waals surface area contributed by atoms with Crippen LogP contribution >= 0.6 is 27.5 Å². The molecule has 0 fully saturated rings. The highest BCUT2D eigenvalue weighted by atomic mass is 79.9. The van der Waals surface area contributed by atoms with Crippen molar-refractivity contribution in [1.29, 1.82) is 0 Å². The van der Waals surface area contributed by atoms with Crippen LogP contribution in [0.15, 0.2) is 57.9 Å². The van der Waals surface area contributed by atoms with Gasteiger partial charge < -0.3 is 5.32 Å². The second-order valence-corrected chi connectivity index (χ2v) is 9.10. The van der Waals surface area contributed by atoms with Crippen LogP contribution < -0.4 is 10.0 Å². The van der Waals surface area contributed by atoms with Crippen molar-refractivity contribution < 1.29 is 8.42 Å². The zero-order valence-electron chi connectivity index (χ0n) is 14.5. The molecule has 0 saturated heterocycles. The summed E-state index contributed by atoms with van der Waals surface area (Å²) in [6.45, 7) is 2.26. The Labute approximate surface area is 169 Å². The van der Waals surface area contributed by atoms with Crippen LogP contribution in [0.1, 0.15) is 31.2 Å². The van der Waals surface area contributed by atoms with Crippen LogP contribution in [0.3, 0.4) is 0 Å². The predicted molar refractivity (Wildman–Crippen MR) is 111 cm³/mol. The van der Waals surface area contributed by atoms with E-state index in [9.17, 15) is 8.42 Å². The van der Waals surface area contributed by atoms with E-state index in [4.69, 9.17) is 11.6 Å². The molecule has 0 aliphatic carbocycles. The van der Waals surface area contributed by atoms with Crippen molar-refractivity contribution in [1.82, 2.24) is 10.0 Å². The molecule has 0 heterocycles. The van der Waals surface area contributed by atoms with Gasteiger partial charge in [0.05, 0.1) is 5.02 Å². The summed E-state index contributed by atoms with van der Waals surface area (Å²) in [7, 11) is -3.52. The molecular weight excluding hydrogens is 436 g/mol. The normalized spacial score (nSPS) is 11.6. The lowest BCUT2D eigenvalue weighted by Crippen LogP contribution is -2.25. The van der Waals surface area contributed by atoms with E-state index in [0.29, 0.717) is 6.54 Å². The minimum atomic E-state index is -3.52. The Hall–Kier alpha value is -0.920. The van der Waals surface area contributed by atoms with Crippen LogP contribution in [0.2, 0.25) is 5.02 Å². The van der Waals surface area contributed by atoms with Gasteiger partial charge in [0.1, 0.15) is 4.90 Å². The number of benzene rings is 2. The second kappa shape index (κ2) is 11.0. The van der Waals surface area contributed by atoms with E-state index in [-0.39, 0.29) is 9.92 Å². The molecular formula is C19H24BrClN2O2S. The van der Waals surface area contributed by atoms with E-state index in [1.54, 1.807) is 18.2 Å². The number of rotatable bonds is 11. The molecule has 0 bridgehead atoms. The Morgan fingerprint density at radius 2 is 1.54 bits per heavy atom. The third-order valence-corrected chi connectivity index (χ3v) is 6.43. The molecule has 0 radical (unpaired) electrons. The largest absolute Gasteiger partial charge is 0.313 e. The molecule has 142 valence electrons. The average Bonchev–Trinajstić information content (AvgIpc) is 2.62. The Bertz CT molecular complexity index is 782. The van der Waals surface area contributed by atoms with Gasteiger partial charge in [0.2, 0.25) is 10.0 Å². The first-order chi connectivity index (χ1) is 12.5. The summed E-state index contributed by atoms with van der Waals surface area (Å²) in [5.41, 5.74) is 1.27. The molecule has 0 aliphatic heterocycles. The molecule has 0 saturated carbocycles. The molecule has 2 aromatic rings. The third-order valence-electron chi connectivity index (χ3n) is 3.94. The Balaban J connectivity index is 1.54. The average molecular weight is 460 g/mol. The van der Waals surface area contributed by atoms with Gasteiger partial charge in [-0.3, -0.25) is 0 Å². The maximum absolute atomic E-state index is 12.2. The lowest BCUT2D eigenvalue weighted by Gasteiger charge is -2.08. The summed E-state index contributed by atoms with van der Waals surface area (Å²) in [6, 6.07) is 14.8. The van der Waals surface area contributed by atoms with Gasteiger partial charge in [-0.1, -0.05) is 64.6 Å². The van der Waals surface area contributed by atoms with Crippen molar-refractivity contribution in [3.63, 3.8) is 0 Å². The SMILES string of the molecule is O=S(=O)(NCCCCCCNCc1ccc(Br)cc1)c1ccccc1Cl. The summed E-state index contributed by atoms with van der Waals surface area (Å²) < 4.78 is 28.1. The zero-order valence-corrected chi connectivity index (χ0v) is 17.7. The molecule has 2 N–H and O–H groups in total. The molecule has 0 unspecified atom stereocenters. The molecule has 0 aromatic heterocycles. The molecule has 0 atom stereocenters. The standard InChI is InChI=1S/C19H24BrClN2O2S/c20-17-11-9-16(10-12-17)15-22-13-5-1-2-6-14-23-26(24,25)19-8-4-3-7-18(19)21/h3-4,7-12,22-23H,1-2,5-6,13-15H2. The summed E-state index contributed by atoms with van der Waals surface area (Å²) in [5, 5.41) is 3.67. The number of halogens is 2. The van der Waals surface area contributed by atoms with Crippen LogP contribution in [0.25, 0.3) is 0 Å². The molecule has 0 aliphatic rings. The smallest absolute Gasteiger partial charge is 0.242 e. The molecule has 7 heteroatoms. The first kappa shape index (κ1) is 21.4. The fourth-order valence-electron chi connectivity index (χ4n) is 2.51. The van der Waals surface area contributed by atoms with Gasteiger partial charge in [0, 0.05) is 17.6 Å². The minimum Gasteiger partial charge on any atom is -0.313 e. The molecule has 4 nitrogen and oxygen atoms in total. The molecule has 2 aromatic carbocycles. The van der Waals surface area contributed by atoms with E-state index in [2.05, 4.69) is 38.1 Å². The van der Waals surface area contributed by atoms with Crippen molar-refractivity contribution in [2.75, 3.05) is 13.1 Å². The van der Waals surface area contributed by atoms with Gasteiger partial charge in [0.15, 0.2) is 0 Å². The lowest BCUT2D eigenvalue weighted by atomic mass is 10.2. The first-order valence-electron chi connectivity index (χ1n) is 8.68. The second-order valence-electron chi connectivity index (χ2n) is 6.05. The van der Waals surface area contributed by atoms with Gasteiger partial charge in [-0.2, -0.15) is 0 Å². The van der Waals surface area contributed by atoms with Crippen LogP contribution in [-0.4, -0.2) is 21.5 Å². The van der Waals surface area contributed by atoms with Crippen LogP contribution in [0, 0.1) is 0 Å². The Morgan fingerprint density at radius 3 is 2.23 bits per heavy atom. The summed E-state index contributed by atoms with van der Waals surface area (Å²) in [4.78, 5) is 0.138. The Morgan fingerprint density at radius 1 is 0.885 bits per heavy atom. The highest BCUT2D eigenvalue weighted by Crippen LogP contribution is 2.20. The van der Waals surface area contributed by atoms with Crippen molar-refractivity contribution in [3.8, 4) is 0 Å². The predicted octanol–water partition coefficient (Wildman–Crippen LogP) is 4.73. The van der Waals surface area contributed by atoms with Gasteiger partial charge in [-0.05, 0) is 49.2 Å². The highest BCUT2D eigenvalue weighted by molar-refractivity contribution is 9.10. The summed E-state index contributed by atoms with van der Waals surface area (Å²) >= 11 is 9.37. The Kier molecular flexibility index (Phi) is 9.08. The first-order valence-corrected chi connectivity index (χ1v) is 11.3. The minimum absolute atomic E-state index is 0.138. The molecule has 26 heavy (non-hydrogen) atoms. The lowest BCUT2D eigenvalue weighted by molar-refractivity contribution is 0.564. The number of nitrogens with one attached hydrogen (secondary N) is 2. The van der Waals surface area contributed by atoms with Crippen LogP contribution in [-0.2, 0) is 16.6 Å². The monoisotopic (exact) mass is 458 g/mol. The molecule has 0 amide bonds. The topological polar surface area (TPSA) is 58.2 Å². The quantitative estimate of drug-likeness (QED) is 0.478. The van der Waals surface area contributed by atoms with Crippen LogP contribution in [0.5, 0.6) is 0 Å². The third kappa shape index (κ3) is 7.37. The van der Waals surface area contributed by atoms with Crippen molar-refractivity contribution in [2.45, 2.75) is 37.1 Å². The summed E-state index contributed by atoms with van der Waals surface area (Å²) in [5.74, 6) is 0. The molecule has 2 rings (SSSR count). The fourth-order valence-corrected chi connectivity index (χ4v) is 4.37. The van der Waals surface area contributed by atoms with E-state index in [1.807, 2.05) is 12.1 Å². The van der Waals surface area contributed by atoms with E-state index in [1.165, 1.54) is 11.6 Å². The van der Waals surface area contributed by atoms with Gasteiger partial charge in [-0.15, -0.1) is 0 Å². The maximum atomic E-state index is 12.2. The van der Waals surface area contributed by atoms with Gasteiger partial charge >= 0.3 is 0 Å². The van der Waals surface area contributed by atoms with E-state index in [0.717, 1.165) is 43.2 Å². The maximum Gasteiger partial charge on any atom is 0.242 e. The number of sulfonamides is 1. The van der Waals surface area contributed by atoms with Gasteiger partial charge in [-0.25, -0.2) is 13.1 Å². The van der Waals surface area contributed by atoms with Gasteiger partial charge in [0.25, 0.3) is 0 Å². The van der Waals surface area contributed by atoms with E-state index >= 15 is 0 Å². The van der Waals surface area contributed by atoms with Crippen molar-refractivity contribution in [2.24, 2.45) is 0 Å². The summed E-state index contributed by atoms with van der Waals surface area (Å²) in [6.07, 6.45) is 3.95. The fraction of sp³-hybridized carbons (Fsp3) is 0.368. The number of unbranched alkanes of at least 4 members (excludes halogenated alkanes) is 3. The number of hydrogen-bond acceptors (Lipinski definition) is 3. The number of hydrogen-bond donors (Lipinski definition) is 2. The van der Waals surface area contributed by atoms with Crippen molar-refractivity contribution >= 4 is 37.6 Å². The zero-order chi connectivity index (χ0) is 18.8. The molecule has 0 spiro atoms. The van der Waals surface area contributed by atoms with Crippen LogP contribution in [0.4, 0.5) is 0 Å². The highest BCUT2D eigenvalue weighted by Gasteiger charge is 2.16. The van der Waals surface area contributed by atoms with Crippen molar-refractivity contribution in [3.05, 3.63) is 63.6 Å².